The molecule has 0 radical (unpaired) electrons. The highest BCUT2D eigenvalue weighted by Crippen LogP contribution is 2.56. The van der Waals surface area contributed by atoms with Gasteiger partial charge in [-0.1, -0.05) is 95.0 Å². The molecule has 0 saturated heterocycles. The van der Waals surface area contributed by atoms with Gasteiger partial charge in [0, 0.05) is 0 Å². The Labute approximate surface area is 165 Å². The van der Waals surface area contributed by atoms with Gasteiger partial charge in [-0.2, -0.15) is 0 Å². The summed E-state index contributed by atoms with van der Waals surface area (Å²) >= 11 is 0. The molecule has 0 unspecified atom stereocenters. The van der Waals surface area contributed by atoms with Gasteiger partial charge in [0.25, 0.3) is 0 Å². The minimum absolute atomic E-state index is 0.0917. The summed E-state index contributed by atoms with van der Waals surface area (Å²) in [5.41, 5.74) is 1.90. The average molecular weight is 375 g/mol. The second-order valence-corrected chi connectivity index (χ2v) is 11.4. The van der Waals surface area contributed by atoms with Crippen LogP contribution < -0.4 is 5.30 Å². The minimum atomic E-state index is -0.0917. The van der Waals surface area contributed by atoms with E-state index in [1.807, 2.05) is 0 Å². The van der Waals surface area contributed by atoms with E-state index >= 15 is 0 Å². The fraction of sp³-hybridized carbons (Fsp3) is 0.462. The maximum Gasteiger partial charge on any atom is -0.00787 e. The first-order chi connectivity index (χ1) is 13.4. The van der Waals surface area contributed by atoms with Crippen LogP contribution >= 0.6 is 7.92 Å². The van der Waals surface area contributed by atoms with Crippen molar-refractivity contribution in [1.29, 1.82) is 0 Å². The standard InChI is InChI=1S/C26H31P/c1-3-13-22(14-4-1)27(23-15-5-2-6-16-23)26-24-17-9-7-11-20(24)19-21-12-8-10-18-25(21)26/h7-12,17-19,22-23H,1-6,13-16H2. The van der Waals surface area contributed by atoms with Gasteiger partial charge in [-0.05, 0) is 69.9 Å². The average Bonchev–Trinajstić information content (AvgIpc) is 2.75. The Bertz CT molecular complexity index is 844. The van der Waals surface area contributed by atoms with Crippen molar-refractivity contribution in [2.24, 2.45) is 0 Å². The zero-order valence-corrected chi connectivity index (χ0v) is 17.3. The topological polar surface area (TPSA) is 0 Å². The molecular weight excluding hydrogens is 343 g/mol. The predicted octanol–water partition coefficient (Wildman–Crippen LogP) is 7.77. The molecule has 5 rings (SSSR count). The van der Waals surface area contributed by atoms with Crippen LogP contribution in [0.15, 0.2) is 54.6 Å². The van der Waals surface area contributed by atoms with Gasteiger partial charge in [-0.15, -0.1) is 0 Å². The highest BCUT2D eigenvalue weighted by molar-refractivity contribution is 7.68. The van der Waals surface area contributed by atoms with Crippen LogP contribution in [0.5, 0.6) is 0 Å². The van der Waals surface area contributed by atoms with Crippen LogP contribution in [0.4, 0.5) is 0 Å². The van der Waals surface area contributed by atoms with Crippen LogP contribution in [-0.2, 0) is 0 Å². The summed E-state index contributed by atoms with van der Waals surface area (Å²) in [7, 11) is -0.0917. The monoisotopic (exact) mass is 374 g/mol. The molecule has 0 nitrogen and oxygen atoms in total. The molecule has 0 bridgehead atoms. The Morgan fingerprint density at radius 1 is 0.556 bits per heavy atom. The zero-order chi connectivity index (χ0) is 18.1. The third-order valence-corrected chi connectivity index (χ3v) is 10.5. The number of hydrogen-bond donors (Lipinski definition) is 0. The molecule has 0 aliphatic heterocycles. The Morgan fingerprint density at radius 2 is 1.00 bits per heavy atom. The summed E-state index contributed by atoms with van der Waals surface area (Å²) in [6, 6.07) is 20.9. The summed E-state index contributed by atoms with van der Waals surface area (Å²) in [5.74, 6) is 0. The molecule has 3 aromatic rings. The molecule has 0 aromatic heterocycles. The minimum Gasteiger partial charge on any atom is -0.0676 e. The SMILES string of the molecule is c1ccc2c(P(C3CCCCC3)C3CCCCC3)c3ccccc3cc2c1. The molecule has 1 heteroatoms. The molecule has 0 heterocycles. The van der Waals surface area contributed by atoms with E-state index in [1.165, 1.54) is 75.0 Å². The summed E-state index contributed by atoms with van der Waals surface area (Å²) in [6.45, 7) is 0. The fourth-order valence-corrected chi connectivity index (χ4v) is 9.78. The Kier molecular flexibility index (Phi) is 5.19. The Morgan fingerprint density at radius 3 is 1.48 bits per heavy atom. The lowest BCUT2D eigenvalue weighted by Crippen LogP contribution is -2.27. The van der Waals surface area contributed by atoms with E-state index < -0.39 is 0 Å². The molecule has 0 amide bonds. The maximum absolute atomic E-state index is 2.42. The van der Waals surface area contributed by atoms with E-state index in [2.05, 4.69) is 54.6 Å². The summed E-state index contributed by atoms with van der Waals surface area (Å²) in [5, 5.41) is 7.77. The summed E-state index contributed by atoms with van der Waals surface area (Å²) in [6.07, 6.45) is 14.6. The molecule has 0 N–H and O–H groups in total. The van der Waals surface area contributed by atoms with Crippen LogP contribution in [0.2, 0.25) is 0 Å². The van der Waals surface area contributed by atoms with Crippen LogP contribution in [0.25, 0.3) is 21.5 Å². The van der Waals surface area contributed by atoms with Crippen molar-refractivity contribution in [2.75, 3.05) is 0 Å². The van der Waals surface area contributed by atoms with Crippen molar-refractivity contribution in [3.8, 4) is 0 Å². The van der Waals surface area contributed by atoms with Crippen LogP contribution in [-0.4, -0.2) is 11.3 Å². The Balaban J connectivity index is 1.74. The Hall–Kier alpha value is -1.39. The molecule has 2 saturated carbocycles. The van der Waals surface area contributed by atoms with Gasteiger partial charge >= 0.3 is 0 Å². The van der Waals surface area contributed by atoms with Crippen LogP contribution in [0.1, 0.15) is 64.2 Å². The predicted molar refractivity (Wildman–Crippen MR) is 122 cm³/mol. The highest BCUT2D eigenvalue weighted by Gasteiger charge is 2.34. The van der Waals surface area contributed by atoms with Crippen LogP contribution in [0.3, 0.4) is 0 Å². The van der Waals surface area contributed by atoms with Crippen LogP contribution in [0, 0.1) is 0 Å². The lowest BCUT2D eigenvalue weighted by molar-refractivity contribution is 0.487. The third-order valence-electron chi connectivity index (χ3n) is 6.94. The van der Waals surface area contributed by atoms with Crippen molar-refractivity contribution < 1.29 is 0 Å². The first kappa shape index (κ1) is 17.7. The van der Waals surface area contributed by atoms with E-state index in [0.717, 1.165) is 11.3 Å². The molecule has 2 fully saturated rings. The molecule has 27 heavy (non-hydrogen) atoms. The van der Waals surface area contributed by atoms with Gasteiger partial charge in [0.15, 0.2) is 0 Å². The van der Waals surface area contributed by atoms with Gasteiger partial charge in [-0.3, -0.25) is 0 Å². The van der Waals surface area contributed by atoms with Crippen molar-refractivity contribution >= 4 is 34.8 Å². The van der Waals surface area contributed by atoms with Crippen molar-refractivity contribution in [1.82, 2.24) is 0 Å². The number of benzene rings is 3. The molecule has 3 aromatic carbocycles. The largest absolute Gasteiger partial charge is 0.0676 e. The van der Waals surface area contributed by atoms with E-state index in [-0.39, 0.29) is 7.92 Å². The maximum atomic E-state index is 2.42. The van der Waals surface area contributed by atoms with Gasteiger partial charge in [0.05, 0.1) is 0 Å². The second kappa shape index (κ2) is 7.92. The summed E-state index contributed by atoms with van der Waals surface area (Å²) in [4.78, 5) is 0. The second-order valence-electron chi connectivity index (χ2n) is 8.66. The zero-order valence-electron chi connectivity index (χ0n) is 16.4. The summed E-state index contributed by atoms with van der Waals surface area (Å²) < 4.78 is 0. The van der Waals surface area contributed by atoms with Crippen molar-refractivity contribution in [2.45, 2.75) is 75.5 Å². The van der Waals surface area contributed by atoms with Gasteiger partial charge < -0.3 is 0 Å². The van der Waals surface area contributed by atoms with Gasteiger partial charge in [0.1, 0.15) is 0 Å². The molecule has 2 aliphatic carbocycles. The highest BCUT2D eigenvalue weighted by atomic mass is 31.1. The van der Waals surface area contributed by atoms with Gasteiger partial charge in [0.2, 0.25) is 0 Å². The first-order valence-electron chi connectivity index (χ1n) is 11.1. The lowest BCUT2D eigenvalue weighted by Gasteiger charge is -2.40. The van der Waals surface area contributed by atoms with E-state index in [0.29, 0.717) is 0 Å². The molecule has 2 aliphatic rings. The van der Waals surface area contributed by atoms with Crippen molar-refractivity contribution in [3.05, 3.63) is 54.6 Å². The molecule has 0 atom stereocenters. The normalized spacial score (nSPS) is 19.9. The molecular formula is C26H31P. The van der Waals surface area contributed by atoms with E-state index in [4.69, 9.17) is 0 Å². The third kappa shape index (κ3) is 3.42. The van der Waals surface area contributed by atoms with E-state index in [9.17, 15) is 0 Å². The number of hydrogen-bond acceptors (Lipinski definition) is 0. The lowest BCUT2D eigenvalue weighted by atomic mass is 9.99. The fourth-order valence-electron chi connectivity index (χ4n) is 5.65. The molecule has 140 valence electrons. The van der Waals surface area contributed by atoms with Gasteiger partial charge in [-0.25, -0.2) is 0 Å². The first-order valence-corrected chi connectivity index (χ1v) is 12.6. The number of fused-ring (bicyclic) bond motifs is 2. The molecule has 0 spiro atoms. The van der Waals surface area contributed by atoms with E-state index in [1.54, 1.807) is 16.1 Å². The smallest absolute Gasteiger partial charge is 0.00787 e. The number of rotatable bonds is 3. The van der Waals surface area contributed by atoms with Crippen molar-refractivity contribution in [3.63, 3.8) is 0 Å². The quantitative estimate of drug-likeness (QED) is 0.324.